The molecule has 1 atom stereocenters. The zero-order valence-electron chi connectivity index (χ0n) is 12.3. The molecular weight excluding hydrogens is 273 g/mol. The van der Waals surface area contributed by atoms with Gasteiger partial charge in [-0.1, -0.05) is 56.3 Å². The van der Waals surface area contributed by atoms with Crippen molar-refractivity contribution in [2.75, 3.05) is 6.54 Å². The van der Waals surface area contributed by atoms with Crippen LogP contribution in [0.15, 0.2) is 18.2 Å². The van der Waals surface area contributed by atoms with Gasteiger partial charge >= 0.3 is 0 Å². The Kier molecular flexibility index (Phi) is 6.31. The Labute approximate surface area is 126 Å². The van der Waals surface area contributed by atoms with Crippen LogP contribution in [0.2, 0.25) is 5.02 Å². The fraction of sp³-hybridized carbons (Fsp3) is 0.647. The van der Waals surface area contributed by atoms with Gasteiger partial charge in [0.05, 0.1) is 5.02 Å². The van der Waals surface area contributed by atoms with Gasteiger partial charge < -0.3 is 5.32 Å². The van der Waals surface area contributed by atoms with Gasteiger partial charge in [-0.15, -0.1) is 0 Å². The molecule has 1 saturated carbocycles. The van der Waals surface area contributed by atoms with Crippen LogP contribution in [0.4, 0.5) is 4.39 Å². The molecule has 20 heavy (non-hydrogen) atoms. The SMILES string of the molecule is CCNC(Cc1cccc(Cl)c1F)C1CCCCCC1. The maximum atomic E-state index is 14.1. The van der Waals surface area contributed by atoms with Gasteiger partial charge in [-0.2, -0.15) is 0 Å². The van der Waals surface area contributed by atoms with Gasteiger partial charge in [0, 0.05) is 6.04 Å². The number of halogens is 2. The molecule has 1 aliphatic rings. The van der Waals surface area contributed by atoms with Crippen molar-refractivity contribution >= 4 is 11.6 Å². The molecule has 0 aromatic heterocycles. The largest absolute Gasteiger partial charge is 0.314 e. The van der Waals surface area contributed by atoms with Gasteiger partial charge in [0.15, 0.2) is 0 Å². The first-order chi connectivity index (χ1) is 9.72. The van der Waals surface area contributed by atoms with Crippen molar-refractivity contribution in [2.45, 2.75) is 57.9 Å². The first kappa shape index (κ1) is 15.8. The summed E-state index contributed by atoms with van der Waals surface area (Å²) in [6.45, 7) is 3.06. The van der Waals surface area contributed by atoms with Gasteiger partial charge in [0.1, 0.15) is 5.82 Å². The van der Waals surface area contributed by atoms with Crippen LogP contribution in [0, 0.1) is 11.7 Å². The molecular formula is C17H25ClFN. The monoisotopic (exact) mass is 297 g/mol. The number of benzene rings is 1. The molecule has 1 nitrogen and oxygen atoms in total. The van der Waals surface area contributed by atoms with E-state index in [4.69, 9.17) is 11.6 Å². The van der Waals surface area contributed by atoms with E-state index in [0.717, 1.165) is 18.5 Å². The third-order valence-corrected chi connectivity index (χ3v) is 4.70. The number of hydrogen-bond acceptors (Lipinski definition) is 1. The molecule has 3 heteroatoms. The average molecular weight is 298 g/mol. The number of nitrogens with one attached hydrogen (secondary N) is 1. The zero-order valence-corrected chi connectivity index (χ0v) is 13.1. The standard InChI is InChI=1S/C17H25ClFN/c1-2-20-16(13-8-5-3-4-6-9-13)12-14-10-7-11-15(18)17(14)19/h7,10-11,13,16,20H,2-6,8-9,12H2,1H3. The van der Waals surface area contributed by atoms with E-state index in [1.54, 1.807) is 6.07 Å². The van der Waals surface area contributed by atoms with Gasteiger partial charge in [0.2, 0.25) is 0 Å². The Bertz CT molecular complexity index is 413. The molecule has 0 heterocycles. The molecule has 0 spiro atoms. The number of likely N-dealkylation sites (N-methyl/N-ethyl adjacent to an activating group) is 1. The summed E-state index contributed by atoms with van der Waals surface area (Å²) < 4.78 is 14.1. The van der Waals surface area contributed by atoms with Crippen LogP contribution in [-0.4, -0.2) is 12.6 Å². The highest BCUT2D eigenvalue weighted by Crippen LogP contribution is 2.28. The van der Waals surface area contributed by atoms with Crippen LogP contribution in [0.25, 0.3) is 0 Å². The summed E-state index contributed by atoms with van der Waals surface area (Å²) in [5.41, 5.74) is 0.743. The molecule has 2 rings (SSSR count). The summed E-state index contributed by atoms with van der Waals surface area (Å²) in [6, 6.07) is 5.69. The van der Waals surface area contributed by atoms with Crippen molar-refractivity contribution < 1.29 is 4.39 Å². The molecule has 0 amide bonds. The molecule has 1 N–H and O–H groups in total. The smallest absolute Gasteiger partial charge is 0.145 e. The maximum Gasteiger partial charge on any atom is 0.145 e. The second-order valence-corrected chi connectivity index (χ2v) is 6.24. The molecule has 1 aromatic carbocycles. The summed E-state index contributed by atoms with van der Waals surface area (Å²) >= 11 is 5.89. The second kappa shape index (κ2) is 7.99. The van der Waals surface area contributed by atoms with Crippen LogP contribution < -0.4 is 5.32 Å². The molecule has 0 bridgehead atoms. The number of hydrogen-bond donors (Lipinski definition) is 1. The third-order valence-electron chi connectivity index (χ3n) is 4.41. The predicted molar refractivity (Wildman–Crippen MR) is 83.8 cm³/mol. The minimum Gasteiger partial charge on any atom is -0.314 e. The summed E-state index contributed by atoms with van der Waals surface area (Å²) in [5.74, 6) is 0.418. The number of rotatable bonds is 5. The Hall–Kier alpha value is -0.600. The van der Waals surface area contributed by atoms with Crippen LogP contribution in [0.5, 0.6) is 0 Å². The van der Waals surface area contributed by atoms with Gasteiger partial charge in [-0.05, 0) is 43.4 Å². The van der Waals surface area contributed by atoms with Crippen molar-refractivity contribution in [2.24, 2.45) is 5.92 Å². The summed E-state index contributed by atoms with van der Waals surface area (Å²) in [7, 11) is 0. The summed E-state index contributed by atoms with van der Waals surface area (Å²) in [5, 5.41) is 3.80. The lowest BCUT2D eigenvalue weighted by Gasteiger charge is -2.27. The first-order valence-electron chi connectivity index (χ1n) is 7.88. The molecule has 112 valence electrons. The van der Waals surface area contributed by atoms with Crippen molar-refractivity contribution in [1.29, 1.82) is 0 Å². The molecule has 0 saturated heterocycles. The minimum absolute atomic E-state index is 0.235. The topological polar surface area (TPSA) is 12.0 Å². The highest BCUT2D eigenvalue weighted by Gasteiger charge is 2.23. The molecule has 1 unspecified atom stereocenters. The van der Waals surface area contributed by atoms with E-state index in [2.05, 4.69) is 12.2 Å². The Balaban J connectivity index is 2.09. The molecule has 1 aromatic rings. The summed E-state index contributed by atoms with van der Waals surface area (Å²) in [6.07, 6.45) is 8.58. The molecule has 1 fully saturated rings. The Morgan fingerprint density at radius 1 is 1.25 bits per heavy atom. The predicted octanol–water partition coefficient (Wildman–Crippen LogP) is 4.97. The molecule has 1 aliphatic carbocycles. The van der Waals surface area contributed by atoms with Crippen LogP contribution in [-0.2, 0) is 6.42 Å². The van der Waals surface area contributed by atoms with E-state index in [9.17, 15) is 4.39 Å². The fourth-order valence-corrected chi connectivity index (χ4v) is 3.52. The van der Waals surface area contributed by atoms with E-state index in [0.29, 0.717) is 12.0 Å². The van der Waals surface area contributed by atoms with E-state index < -0.39 is 0 Å². The quantitative estimate of drug-likeness (QED) is 0.757. The van der Waals surface area contributed by atoms with E-state index in [1.165, 1.54) is 38.5 Å². The van der Waals surface area contributed by atoms with E-state index in [1.807, 2.05) is 12.1 Å². The van der Waals surface area contributed by atoms with Gasteiger partial charge in [-0.3, -0.25) is 0 Å². The average Bonchev–Trinajstić information content (AvgIpc) is 2.72. The van der Waals surface area contributed by atoms with Crippen LogP contribution in [0.1, 0.15) is 51.0 Å². The lowest BCUT2D eigenvalue weighted by atomic mass is 9.87. The minimum atomic E-state index is -0.245. The fourth-order valence-electron chi connectivity index (χ4n) is 3.32. The normalized spacial score (nSPS) is 18.8. The molecule has 0 aliphatic heterocycles. The molecule has 0 radical (unpaired) electrons. The first-order valence-corrected chi connectivity index (χ1v) is 8.26. The third kappa shape index (κ3) is 4.20. The Morgan fingerprint density at radius 2 is 1.95 bits per heavy atom. The van der Waals surface area contributed by atoms with Crippen LogP contribution >= 0.6 is 11.6 Å². The lowest BCUT2D eigenvalue weighted by Crippen LogP contribution is -2.38. The van der Waals surface area contributed by atoms with Crippen LogP contribution in [0.3, 0.4) is 0 Å². The van der Waals surface area contributed by atoms with Crippen molar-refractivity contribution in [3.05, 3.63) is 34.6 Å². The Morgan fingerprint density at radius 3 is 2.60 bits per heavy atom. The zero-order chi connectivity index (χ0) is 14.4. The summed E-state index contributed by atoms with van der Waals surface area (Å²) in [4.78, 5) is 0. The van der Waals surface area contributed by atoms with Crippen molar-refractivity contribution in [1.82, 2.24) is 5.32 Å². The van der Waals surface area contributed by atoms with Crippen molar-refractivity contribution in [3.63, 3.8) is 0 Å². The second-order valence-electron chi connectivity index (χ2n) is 5.83. The van der Waals surface area contributed by atoms with Gasteiger partial charge in [-0.25, -0.2) is 4.39 Å². The van der Waals surface area contributed by atoms with Gasteiger partial charge in [0.25, 0.3) is 0 Å². The van der Waals surface area contributed by atoms with Crippen molar-refractivity contribution in [3.8, 4) is 0 Å². The highest BCUT2D eigenvalue weighted by atomic mass is 35.5. The van der Waals surface area contributed by atoms with E-state index in [-0.39, 0.29) is 10.8 Å². The lowest BCUT2D eigenvalue weighted by molar-refractivity contribution is 0.319. The highest BCUT2D eigenvalue weighted by molar-refractivity contribution is 6.30. The van der Waals surface area contributed by atoms with E-state index >= 15 is 0 Å². The maximum absolute atomic E-state index is 14.1.